The molecule has 4 nitrogen and oxygen atoms in total. The molecule has 3 rings (SSSR count). The predicted octanol–water partition coefficient (Wildman–Crippen LogP) is 4.12. The Kier molecular flexibility index (Phi) is 2.84. The van der Waals surface area contributed by atoms with Crippen LogP contribution in [0.4, 0.5) is 5.69 Å². The van der Waals surface area contributed by atoms with Gasteiger partial charge in [-0.15, -0.1) is 0 Å². The highest BCUT2D eigenvalue weighted by Crippen LogP contribution is 2.33. The average molecular weight is 265 g/mol. The molecule has 0 atom stereocenters. The molecule has 0 saturated carbocycles. The highest BCUT2D eigenvalue weighted by molar-refractivity contribution is 5.97. The molecule has 0 unspecified atom stereocenters. The van der Waals surface area contributed by atoms with E-state index in [1.165, 1.54) is 12.1 Å². The number of fused-ring (bicyclic) bond motifs is 1. The van der Waals surface area contributed by atoms with Crippen LogP contribution in [0.5, 0.6) is 5.75 Å². The summed E-state index contributed by atoms with van der Waals surface area (Å²) in [4.78, 5) is 10.3. The molecule has 0 spiro atoms. The number of nitrogens with zero attached hydrogens (tertiary/aromatic N) is 1. The molecule has 0 saturated heterocycles. The van der Waals surface area contributed by atoms with Gasteiger partial charge in [0.2, 0.25) is 0 Å². The van der Waals surface area contributed by atoms with Crippen LogP contribution in [-0.4, -0.2) is 10.0 Å². The normalized spacial score (nSPS) is 10.6. The maximum Gasteiger partial charge on any atom is 0.269 e. The number of phenols is 1. The van der Waals surface area contributed by atoms with Gasteiger partial charge in [0.25, 0.3) is 5.69 Å². The van der Waals surface area contributed by atoms with Crippen molar-refractivity contribution in [3.05, 3.63) is 70.8 Å². The van der Waals surface area contributed by atoms with Crippen LogP contribution >= 0.6 is 0 Å². The van der Waals surface area contributed by atoms with E-state index < -0.39 is 4.92 Å². The molecule has 0 amide bonds. The van der Waals surface area contributed by atoms with Crippen molar-refractivity contribution in [3.63, 3.8) is 0 Å². The van der Waals surface area contributed by atoms with Crippen molar-refractivity contribution in [1.29, 1.82) is 0 Å². The number of hydrogen-bond donors (Lipinski definition) is 1. The van der Waals surface area contributed by atoms with Crippen LogP contribution in [-0.2, 0) is 0 Å². The lowest BCUT2D eigenvalue weighted by atomic mass is 9.98. The zero-order chi connectivity index (χ0) is 14.1. The van der Waals surface area contributed by atoms with E-state index in [0.29, 0.717) is 0 Å². The van der Waals surface area contributed by atoms with Gasteiger partial charge in [-0.2, -0.15) is 0 Å². The Labute approximate surface area is 115 Å². The Morgan fingerprint density at radius 1 is 0.950 bits per heavy atom. The number of aromatic hydroxyl groups is 1. The fraction of sp³-hybridized carbons (Fsp3) is 0. The van der Waals surface area contributed by atoms with E-state index in [9.17, 15) is 15.2 Å². The Morgan fingerprint density at radius 2 is 1.65 bits per heavy atom. The summed E-state index contributed by atoms with van der Waals surface area (Å²) >= 11 is 0. The number of non-ortho nitro benzene ring substituents is 1. The SMILES string of the molecule is O=[N+]([O-])c1ccc(-c2cc(O)cc3ccccc23)cc1. The molecule has 0 fully saturated rings. The van der Waals surface area contributed by atoms with Gasteiger partial charge in [0, 0.05) is 12.1 Å². The van der Waals surface area contributed by atoms with Crippen LogP contribution in [0.25, 0.3) is 21.9 Å². The molecule has 0 aromatic heterocycles. The molecular formula is C16H11NO3. The molecule has 0 aliphatic heterocycles. The maximum absolute atomic E-state index is 10.7. The molecule has 0 aliphatic rings. The third kappa shape index (κ3) is 2.07. The minimum Gasteiger partial charge on any atom is -0.508 e. The van der Waals surface area contributed by atoms with Gasteiger partial charge < -0.3 is 5.11 Å². The molecule has 0 heterocycles. The second-order valence-electron chi connectivity index (χ2n) is 4.52. The van der Waals surface area contributed by atoms with Crippen molar-refractivity contribution in [1.82, 2.24) is 0 Å². The summed E-state index contributed by atoms with van der Waals surface area (Å²) < 4.78 is 0. The van der Waals surface area contributed by atoms with Gasteiger partial charge >= 0.3 is 0 Å². The van der Waals surface area contributed by atoms with E-state index >= 15 is 0 Å². The molecule has 3 aromatic carbocycles. The van der Waals surface area contributed by atoms with Crippen molar-refractivity contribution < 1.29 is 10.0 Å². The monoisotopic (exact) mass is 265 g/mol. The van der Waals surface area contributed by atoms with Gasteiger partial charge in [0.05, 0.1) is 4.92 Å². The molecule has 3 aromatic rings. The number of hydrogen-bond acceptors (Lipinski definition) is 3. The molecular weight excluding hydrogens is 254 g/mol. The first-order valence-corrected chi connectivity index (χ1v) is 6.12. The summed E-state index contributed by atoms with van der Waals surface area (Å²) in [5.74, 6) is 0.178. The maximum atomic E-state index is 10.7. The minimum atomic E-state index is -0.426. The van der Waals surface area contributed by atoms with E-state index in [2.05, 4.69) is 0 Å². The fourth-order valence-corrected chi connectivity index (χ4v) is 2.30. The average Bonchev–Trinajstić information content (AvgIpc) is 2.46. The third-order valence-electron chi connectivity index (χ3n) is 3.24. The summed E-state index contributed by atoms with van der Waals surface area (Å²) in [6.45, 7) is 0. The number of phenolic OH excluding ortho intramolecular Hbond substituents is 1. The van der Waals surface area contributed by atoms with E-state index in [1.807, 2.05) is 24.3 Å². The number of benzene rings is 3. The molecule has 4 heteroatoms. The van der Waals surface area contributed by atoms with Crippen LogP contribution < -0.4 is 0 Å². The minimum absolute atomic E-state index is 0.0539. The summed E-state index contributed by atoms with van der Waals surface area (Å²) in [6.07, 6.45) is 0. The quantitative estimate of drug-likeness (QED) is 0.560. The fourth-order valence-electron chi connectivity index (χ4n) is 2.30. The zero-order valence-corrected chi connectivity index (χ0v) is 10.5. The molecule has 20 heavy (non-hydrogen) atoms. The van der Waals surface area contributed by atoms with Gasteiger partial charge in [-0.3, -0.25) is 10.1 Å². The summed E-state index contributed by atoms with van der Waals surface area (Å²) in [7, 11) is 0. The largest absolute Gasteiger partial charge is 0.508 e. The van der Waals surface area contributed by atoms with E-state index in [-0.39, 0.29) is 11.4 Å². The third-order valence-corrected chi connectivity index (χ3v) is 3.24. The van der Waals surface area contributed by atoms with Gasteiger partial charge in [-0.05, 0) is 46.2 Å². The van der Waals surface area contributed by atoms with E-state index in [4.69, 9.17) is 0 Å². The van der Waals surface area contributed by atoms with E-state index in [0.717, 1.165) is 21.9 Å². The Hall–Kier alpha value is -2.88. The lowest BCUT2D eigenvalue weighted by Gasteiger charge is -2.08. The second-order valence-corrected chi connectivity index (χ2v) is 4.52. The first-order chi connectivity index (χ1) is 9.65. The first kappa shape index (κ1) is 12.2. The van der Waals surface area contributed by atoms with Crippen molar-refractivity contribution in [2.45, 2.75) is 0 Å². The lowest BCUT2D eigenvalue weighted by molar-refractivity contribution is -0.384. The van der Waals surface area contributed by atoms with Crippen molar-refractivity contribution in [3.8, 4) is 16.9 Å². The van der Waals surface area contributed by atoms with Gasteiger partial charge in [-0.25, -0.2) is 0 Å². The van der Waals surface area contributed by atoms with Crippen molar-refractivity contribution in [2.75, 3.05) is 0 Å². The van der Waals surface area contributed by atoms with Gasteiger partial charge in [-0.1, -0.05) is 24.3 Å². The van der Waals surface area contributed by atoms with Crippen molar-refractivity contribution in [2.24, 2.45) is 0 Å². The van der Waals surface area contributed by atoms with Crippen LogP contribution in [0, 0.1) is 10.1 Å². The molecule has 0 bridgehead atoms. The molecule has 98 valence electrons. The van der Waals surface area contributed by atoms with Crippen molar-refractivity contribution >= 4 is 16.5 Å². The zero-order valence-electron chi connectivity index (χ0n) is 10.5. The highest BCUT2D eigenvalue weighted by Gasteiger charge is 2.09. The molecule has 0 aliphatic carbocycles. The topological polar surface area (TPSA) is 63.4 Å². The van der Waals surface area contributed by atoms with E-state index in [1.54, 1.807) is 24.3 Å². The van der Waals surface area contributed by atoms with Crippen LogP contribution in [0.2, 0.25) is 0 Å². The summed E-state index contributed by atoms with van der Waals surface area (Å²) in [5.41, 5.74) is 1.75. The predicted molar refractivity (Wildman–Crippen MR) is 77.7 cm³/mol. The number of rotatable bonds is 2. The highest BCUT2D eigenvalue weighted by atomic mass is 16.6. The summed E-state index contributed by atoms with van der Waals surface area (Å²) in [6, 6.07) is 17.4. The Morgan fingerprint density at radius 3 is 2.35 bits per heavy atom. The number of nitro groups is 1. The molecule has 1 N–H and O–H groups in total. The van der Waals surface area contributed by atoms with Gasteiger partial charge in [0.15, 0.2) is 0 Å². The van der Waals surface area contributed by atoms with Crippen LogP contribution in [0.1, 0.15) is 0 Å². The van der Waals surface area contributed by atoms with Gasteiger partial charge in [0.1, 0.15) is 5.75 Å². The second kappa shape index (κ2) is 4.66. The van der Waals surface area contributed by atoms with Crippen LogP contribution in [0.15, 0.2) is 60.7 Å². The smallest absolute Gasteiger partial charge is 0.269 e. The lowest BCUT2D eigenvalue weighted by Crippen LogP contribution is -1.87. The standard InChI is InChI=1S/C16H11NO3/c18-14-9-12-3-1-2-4-15(12)16(10-14)11-5-7-13(8-6-11)17(19)20/h1-10,18H. The summed E-state index contributed by atoms with van der Waals surface area (Å²) in [5, 5.41) is 22.4. The number of nitro benzene ring substituents is 1. The molecule has 0 radical (unpaired) electrons. The Balaban J connectivity index is 2.20. The Bertz CT molecular complexity index is 794. The van der Waals surface area contributed by atoms with Crippen LogP contribution in [0.3, 0.4) is 0 Å². The first-order valence-electron chi connectivity index (χ1n) is 6.12.